The van der Waals surface area contributed by atoms with Crippen LogP contribution in [0.4, 0.5) is 4.39 Å². The van der Waals surface area contributed by atoms with E-state index in [0.29, 0.717) is 17.1 Å². The van der Waals surface area contributed by atoms with E-state index in [1.807, 2.05) is 13.8 Å². The molecule has 0 saturated heterocycles. The number of hydrogen-bond acceptors (Lipinski definition) is 2. The maximum absolute atomic E-state index is 12.8. The van der Waals surface area contributed by atoms with Crippen LogP contribution in [0.1, 0.15) is 35.9 Å². The van der Waals surface area contributed by atoms with Crippen molar-refractivity contribution in [2.75, 3.05) is 0 Å². The van der Waals surface area contributed by atoms with Gasteiger partial charge >= 0.3 is 5.97 Å². The minimum Gasteiger partial charge on any atom is -0.476 e. The van der Waals surface area contributed by atoms with Crippen molar-refractivity contribution in [1.82, 2.24) is 9.97 Å². The number of aromatic amines is 1. The van der Waals surface area contributed by atoms with Gasteiger partial charge in [0.15, 0.2) is 5.69 Å². The molecule has 0 fully saturated rings. The Morgan fingerprint density at radius 3 is 2.39 bits per heavy atom. The average molecular weight is 248 g/mol. The molecule has 0 unspecified atom stereocenters. The van der Waals surface area contributed by atoms with Gasteiger partial charge in [0.05, 0.1) is 5.69 Å². The summed E-state index contributed by atoms with van der Waals surface area (Å²) in [6, 6.07) is 5.74. The third-order valence-corrected chi connectivity index (χ3v) is 2.63. The number of carboxylic acids is 1. The van der Waals surface area contributed by atoms with Gasteiger partial charge in [-0.05, 0) is 30.2 Å². The zero-order valence-electron chi connectivity index (χ0n) is 10.1. The van der Waals surface area contributed by atoms with Gasteiger partial charge in [0, 0.05) is 5.56 Å². The third-order valence-electron chi connectivity index (χ3n) is 2.63. The van der Waals surface area contributed by atoms with Gasteiger partial charge < -0.3 is 10.1 Å². The minimum absolute atomic E-state index is 0.0179. The lowest BCUT2D eigenvalue weighted by atomic mass is 10.1. The average Bonchev–Trinajstić information content (AvgIpc) is 2.75. The van der Waals surface area contributed by atoms with Crippen LogP contribution in [0.5, 0.6) is 0 Å². The number of carboxylic acid groups (broad SMARTS) is 1. The summed E-state index contributed by atoms with van der Waals surface area (Å²) in [5.41, 5.74) is 1.25. The number of nitrogens with one attached hydrogen (secondary N) is 1. The van der Waals surface area contributed by atoms with E-state index in [9.17, 15) is 9.18 Å². The fourth-order valence-corrected chi connectivity index (χ4v) is 1.71. The summed E-state index contributed by atoms with van der Waals surface area (Å²) < 4.78 is 12.8. The van der Waals surface area contributed by atoms with Crippen LogP contribution in [0.2, 0.25) is 0 Å². The van der Waals surface area contributed by atoms with E-state index in [1.165, 1.54) is 12.1 Å². The fourth-order valence-electron chi connectivity index (χ4n) is 1.71. The number of aromatic carboxylic acids is 1. The predicted octanol–water partition coefficient (Wildman–Crippen LogP) is 3.04. The number of benzene rings is 1. The van der Waals surface area contributed by atoms with Crippen LogP contribution in [0.15, 0.2) is 24.3 Å². The lowest BCUT2D eigenvalue weighted by Gasteiger charge is -2.01. The van der Waals surface area contributed by atoms with Crippen LogP contribution in [0.25, 0.3) is 11.4 Å². The number of halogens is 1. The molecule has 1 aromatic heterocycles. The molecule has 2 aromatic rings. The summed E-state index contributed by atoms with van der Waals surface area (Å²) in [5, 5.41) is 9.08. The van der Waals surface area contributed by atoms with E-state index < -0.39 is 5.97 Å². The molecule has 2 rings (SSSR count). The van der Waals surface area contributed by atoms with Crippen molar-refractivity contribution in [1.29, 1.82) is 0 Å². The van der Waals surface area contributed by atoms with Crippen molar-refractivity contribution >= 4 is 5.97 Å². The Balaban J connectivity index is 2.49. The van der Waals surface area contributed by atoms with Gasteiger partial charge in [-0.3, -0.25) is 0 Å². The molecule has 0 spiro atoms. The topological polar surface area (TPSA) is 66.0 Å². The molecule has 1 aromatic carbocycles. The van der Waals surface area contributed by atoms with Gasteiger partial charge in [-0.2, -0.15) is 0 Å². The molecule has 5 heteroatoms. The van der Waals surface area contributed by atoms with E-state index in [-0.39, 0.29) is 17.4 Å². The van der Waals surface area contributed by atoms with Gasteiger partial charge in [0.2, 0.25) is 0 Å². The van der Waals surface area contributed by atoms with Crippen molar-refractivity contribution in [3.8, 4) is 11.4 Å². The van der Waals surface area contributed by atoms with Crippen molar-refractivity contribution in [2.45, 2.75) is 19.8 Å². The lowest BCUT2D eigenvalue weighted by Crippen LogP contribution is -2.02. The summed E-state index contributed by atoms with van der Waals surface area (Å²) in [6.07, 6.45) is 0. The number of imidazole rings is 1. The number of aromatic nitrogens is 2. The highest BCUT2D eigenvalue weighted by atomic mass is 19.1. The first-order chi connectivity index (χ1) is 8.49. The maximum atomic E-state index is 12.8. The summed E-state index contributed by atoms with van der Waals surface area (Å²) in [4.78, 5) is 18.1. The first kappa shape index (κ1) is 12.3. The molecule has 0 bridgehead atoms. The number of nitrogens with zero attached hydrogens (tertiary/aromatic N) is 1. The summed E-state index contributed by atoms with van der Waals surface area (Å²) in [7, 11) is 0. The number of H-pyrrole nitrogens is 1. The van der Waals surface area contributed by atoms with E-state index in [4.69, 9.17) is 5.11 Å². The number of rotatable bonds is 3. The fraction of sp³-hybridized carbons (Fsp3) is 0.231. The second-order valence-electron chi connectivity index (χ2n) is 4.31. The molecule has 0 aliphatic carbocycles. The second-order valence-corrected chi connectivity index (χ2v) is 4.31. The van der Waals surface area contributed by atoms with Crippen LogP contribution < -0.4 is 0 Å². The van der Waals surface area contributed by atoms with Gasteiger partial charge in [0.1, 0.15) is 11.6 Å². The number of hydrogen-bond donors (Lipinski definition) is 2. The first-order valence-electron chi connectivity index (χ1n) is 5.58. The monoisotopic (exact) mass is 248 g/mol. The zero-order chi connectivity index (χ0) is 13.3. The SMILES string of the molecule is CC(C)c1[nH]c(-c2ccc(F)cc2)nc1C(=O)O. The number of carbonyl (C=O) groups is 1. The van der Waals surface area contributed by atoms with Crippen LogP contribution in [-0.4, -0.2) is 21.0 Å². The van der Waals surface area contributed by atoms with Crippen molar-refractivity contribution in [2.24, 2.45) is 0 Å². The molecule has 18 heavy (non-hydrogen) atoms. The molecule has 0 atom stereocenters. The maximum Gasteiger partial charge on any atom is 0.356 e. The van der Waals surface area contributed by atoms with Crippen LogP contribution in [0, 0.1) is 5.82 Å². The predicted molar refractivity (Wildman–Crippen MR) is 65.0 cm³/mol. The van der Waals surface area contributed by atoms with E-state index >= 15 is 0 Å². The normalized spacial score (nSPS) is 10.9. The smallest absolute Gasteiger partial charge is 0.356 e. The summed E-state index contributed by atoms with van der Waals surface area (Å²) >= 11 is 0. The Morgan fingerprint density at radius 2 is 1.94 bits per heavy atom. The molecule has 2 N–H and O–H groups in total. The summed E-state index contributed by atoms with van der Waals surface area (Å²) in [6.45, 7) is 3.77. The Morgan fingerprint density at radius 1 is 1.33 bits per heavy atom. The standard InChI is InChI=1S/C13H13FN2O2/c1-7(2)10-11(13(17)18)16-12(15-10)8-3-5-9(14)6-4-8/h3-7H,1-2H3,(H,15,16)(H,17,18). The quantitative estimate of drug-likeness (QED) is 0.877. The van der Waals surface area contributed by atoms with Gasteiger partial charge in [0.25, 0.3) is 0 Å². The Labute approximate surface area is 103 Å². The Bertz CT molecular complexity index is 573. The minimum atomic E-state index is -1.07. The van der Waals surface area contributed by atoms with E-state index in [0.717, 1.165) is 0 Å². The van der Waals surface area contributed by atoms with Crippen molar-refractivity contribution < 1.29 is 14.3 Å². The van der Waals surface area contributed by atoms with Crippen LogP contribution in [-0.2, 0) is 0 Å². The molecule has 0 radical (unpaired) electrons. The van der Waals surface area contributed by atoms with Gasteiger partial charge in [-0.25, -0.2) is 14.2 Å². The highest BCUT2D eigenvalue weighted by molar-refractivity contribution is 5.87. The Kier molecular flexibility index (Phi) is 3.14. The van der Waals surface area contributed by atoms with Gasteiger partial charge in [-0.15, -0.1) is 0 Å². The summed E-state index contributed by atoms with van der Waals surface area (Å²) in [5.74, 6) is -0.940. The largest absolute Gasteiger partial charge is 0.476 e. The molecular formula is C13H13FN2O2. The molecule has 94 valence electrons. The molecular weight excluding hydrogens is 235 g/mol. The zero-order valence-corrected chi connectivity index (χ0v) is 10.1. The van der Waals surface area contributed by atoms with E-state index in [2.05, 4.69) is 9.97 Å². The highest BCUT2D eigenvalue weighted by Crippen LogP contribution is 2.23. The molecule has 0 aliphatic rings. The third kappa shape index (κ3) is 2.25. The second kappa shape index (κ2) is 4.60. The van der Waals surface area contributed by atoms with Crippen LogP contribution in [0.3, 0.4) is 0 Å². The Hall–Kier alpha value is -2.17. The molecule has 4 nitrogen and oxygen atoms in total. The highest BCUT2D eigenvalue weighted by Gasteiger charge is 2.19. The molecule has 0 saturated carbocycles. The van der Waals surface area contributed by atoms with Crippen molar-refractivity contribution in [3.05, 3.63) is 41.5 Å². The molecule has 0 aliphatic heterocycles. The van der Waals surface area contributed by atoms with E-state index in [1.54, 1.807) is 12.1 Å². The first-order valence-corrected chi connectivity index (χ1v) is 5.58. The van der Waals surface area contributed by atoms with Crippen molar-refractivity contribution in [3.63, 3.8) is 0 Å². The molecule has 1 heterocycles. The molecule has 0 amide bonds. The van der Waals surface area contributed by atoms with Crippen LogP contribution >= 0.6 is 0 Å². The van der Waals surface area contributed by atoms with Gasteiger partial charge in [-0.1, -0.05) is 13.8 Å². The lowest BCUT2D eigenvalue weighted by molar-refractivity contribution is 0.0689.